The summed E-state index contributed by atoms with van der Waals surface area (Å²) in [7, 11) is 4.23. The molecule has 0 aromatic carbocycles. The summed E-state index contributed by atoms with van der Waals surface area (Å²) in [6.45, 7) is 2.08. The van der Waals surface area contributed by atoms with Crippen molar-refractivity contribution in [2.75, 3.05) is 27.2 Å². The minimum Gasteiger partial charge on any atom is -0.305 e. The fraction of sp³-hybridized carbons (Fsp3) is 1.00. The van der Waals surface area contributed by atoms with E-state index in [1.807, 2.05) is 5.01 Å². The van der Waals surface area contributed by atoms with Gasteiger partial charge in [0.2, 0.25) is 0 Å². The van der Waals surface area contributed by atoms with Gasteiger partial charge in [0, 0.05) is 19.1 Å². The van der Waals surface area contributed by atoms with Crippen LogP contribution in [0.4, 0.5) is 0 Å². The molecule has 1 rings (SSSR count). The fourth-order valence-electron chi connectivity index (χ4n) is 1.40. The van der Waals surface area contributed by atoms with Gasteiger partial charge in [0.1, 0.15) is 0 Å². The van der Waals surface area contributed by atoms with Gasteiger partial charge in [-0.25, -0.2) is 5.01 Å². The van der Waals surface area contributed by atoms with Gasteiger partial charge in [-0.05, 0) is 26.9 Å². The monoisotopic (exact) mass is 143 g/mol. The first kappa shape index (κ1) is 7.98. The Morgan fingerprint density at radius 1 is 1.50 bits per heavy atom. The van der Waals surface area contributed by atoms with E-state index in [9.17, 15) is 0 Å². The van der Waals surface area contributed by atoms with Crippen molar-refractivity contribution in [2.24, 2.45) is 5.84 Å². The summed E-state index contributed by atoms with van der Waals surface area (Å²) >= 11 is 0. The molecular formula is C7H17N3. The molecule has 1 fully saturated rings. The summed E-state index contributed by atoms with van der Waals surface area (Å²) in [5, 5.41) is 1.91. The smallest absolute Gasteiger partial charge is 0.0284 e. The molecule has 3 heteroatoms. The van der Waals surface area contributed by atoms with Crippen molar-refractivity contribution in [1.82, 2.24) is 9.91 Å². The molecule has 0 unspecified atom stereocenters. The molecule has 0 bridgehead atoms. The fourth-order valence-corrected chi connectivity index (χ4v) is 1.40. The number of hydrogen-bond donors (Lipinski definition) is 1. The second kappa shape index (κ2) is 3.32. The van der Waals surface area contributed by atoms with Crippen LogP contribution < -0.4 is 5.84 Å². The first-order valence-electron chi connectivity index (χ1n) is 3.86. The highest BCUT2D eigenvalue weighted by Crippen LogP contribution is 2.09. The number of likely N-dealkylation sites (N-methyl/N-ethyl adjacent to an activating group) is 1. The van der Waals surface area contributed by atoms with Gasteiger partial charge in [-0.1, -0.05) is 0 Å². The molecule has 0 aromatic rings. The third kappa shape index (κ3) is 1.94. The molecule has 0 radical (unpaired) electrons. The van der Waals surface area contributed by atoms with E-state index in [1.165, 1.54) is 12.8 Å². The molecular weight excluding hydrogens is 126 g/mol. The Bertz CT molecular complexity index is 103. The molecule has 1 saturated heterocycles. The van der Waals surface area contributed by atoms with E-state index in [-0.39, 0.29) is 0 Å². The van der Waals surface area contributed by atoms with Crippen LogP contribution in [-0.4, -0.2) is 43.1 Å². The summed E-state index contributed by atoms with van der Waals surface area (Å²) in [5.74, 6) is 5.67. The average molecular weight is 143 g/mol. The van der Waals surface area contributed by atoms with E-state index in [1.54, 1.807) is 0 Å². The van der Waals surface area contributed by atoms with Gasteiger partial charge in [0.25, 0.3) is 0 Å². The molecule has 0 spiro atoms. The lowest BCUT2D eigenvalue weighted by molar-refractivity contribution is 0.134. The molecule has 0 aromatic heterocycles. The highest BCUT2D eigenvalue weighted by atomic mass is 15.4. The van der Waals surface area contributed by atoms with Crippen molar-refractivity contribution in [3.05, 3.63) is 0 Å². The molecule has 0 amide bonds. The molecule has 10 heavy (non-hydrogen) atoms. The highest BCUT2D eigenvalue weighted by Gasteiger charge is 2.18. The second-order valence-corrected chi connectivity index (χ2v) is 3.25. The Labute approximate surface area is 62.8 Å². The molecule has 0 saturated carbocycles. The predicted octanol–water partition coefficient (Wildman–Crippen LogP) is -0.114. The van der Waals surface area contributed by atoms with Gasteiger partial charge >= 0.3 is 0 Å². The summed E-state index contributed by atoms with van der Waals surface area (Å²) in [6.07, 6.45) is 2.53. The molecule has 0 aliphatic carbocycles. The minimum atomic E-state index is 0.666. The Morgan fingerprint density at radius 2 is 2.20 bits per heavy atom. The summed E-state index contributed by atoms with van der Waals surface area (Å²) in [4.78, 5) is 2.25. The minimum absolute atomic E-state index is 0.666. The molecule has 1 aliphatic heterocycles. The van der Waals surface area contributed by atoms with E-state index >= 15 is 0 Å². The third-order valence-corrected chi connectivity index (χ3v) is 2.16. The van der Waals surface area contributed by atoms with Crippen LogP contribution in [0, 0.1) is 0 Å². The van der Waals surface area contributed by atoms with Gasteiger partial charge in [0.15, 0.2) is 0 Å². The summed E-state index contributed by atoms with van der Waals surface area (Å²) < 4.78 is 0. The largest absolute Gasteiger partial charge is 0.305 e. The van der Waals surface area contributed by atoms with Crippen molar-refractivity contribution in [2.45, 2.75) is 18.9 Å². The maximum atomic E-state index is 5.67. The number of nitrogens with zero attached hydrogens (tertiary/aromatic N) is 2. The maximum Gasteiger partial charge on any atom is 0.0284 e. The first-order chi connectivity index (χ1) is 4.70. The highest BCUT2D eigenvalue weighted by molar-refractivity contribution is 4.74. The zero-order chi connectivity index (χ0) is 7.56. The lowest BCUT2D eigenvalue weighted by Gasteiger charge is -2.33. The van der Waals surface area contributed by atoms with Crippen molar-refractivity contribution in [3.8, 4) is 0 Å². The van der Waals surface area contributed by atoms with Crippen LogP contribution in [0.2, 0.25) is 0 Å². The SMILES string of the molecule is CN(C)[C@H]1CCCN(N)C1. The molecule has 1 heterocycles. The molecule has 60 valence electrons. The van der Waals surface area contributed by atoms with E-state index in [0.29, 0.717) is 6.04 Å². The second-order valence-electron chi connectivity index (χ2n) is 3.25. The van der Waals surface area contributed by atoms with Gasteiger partial charge < -0.3 is 4.90 Å². The van der Waals surface area contributed by atoms with Crippen LogP contribution in [0.15, 0.2) is 0 Å². The maximum absolute atomic E-state index is 5.67. The molecule has 1 aliphatic rings. The molecule has 2 N–H and O–H groups in total. The van der Waals surface area contributed by atoms with Crippen LogP contribution in [0.5, 0.6) is 0 Å². The number of nitrogens with two attached hydrogens (primary N) is 1. The molecule has 1 atom stereocenters. The van der Waals surface area contributed by atoms with Crippen molar-refractivity contribution < 1.29 is 0 Å². The zero-order valence-corrected chi connectivity index (χ0v) is 6.88. The van der Waals surface area contributed by atoms with Gasteiger partial charge in [-0.2, -0.15) is 0 Å². The average Bonchev–Trinajstić information content (AvgIpc) is 1.88. The Hall–Kier alpha value is -0.120. The van der Waals surface area contributed by atoms with Gasteiger partial charge in [0.05, 0.1) is 0 Å². The van der Waals surface area contributed by atoms with Crippen molar-refractivity contribution in [3.63, 3.8) is 0 Å². The summed E-state index contributed by atoms with van der Waals surface area (Å²) in [5.41, 5.74) is 0. The van der Waals surface area contributed by atoms with Crippen molar-refractivity contribution >= 4 is 0 Å². The first-order valence-corrected chi connectivity index (χ1v) is 3.86. The summed E-state index contributed by atoms with van der Waals surface area (Å²) in [6, 6.07) is 0.666. The van der Waals surface area contributed by atoms with Crippen LogP contribution >= 0.6 is 0 Å². The lowest BCUT2D eigenvalue weighted by atomic mass is 10.1. The quantitative estimate of drug-likeness (QED) is 0.520. The topological polar surface area (TPSA) is 32.5 Å². The van der Waals surface area contributed by atoms with E-state index < -0.39 is 0 Å². The van der Waals surface area contributed by atoms with E-state index in [0.717, 1.165) is 13.1 Å². The Balaban J connectivity index is 2.32. The van der Waals surface area contributed by atoms with E-state index in [4.69, 9.17) is 5.84 Å². The van der Waals surface area contributed by atoms with Crippen LogP contribution in [-0.2, 0) is 0 Å². The third-order valence-electron chi connectivity index (χ3n) is 2.16. The number of rotatable bonds is 1. The zero-order valence-electron chi connectivity index (χ0n) is 6.88. The number of hydrogen-bond acceptors (Lipinski definition) is 3. The predicted molar refractivity (Wildman–Crippen MR) is 42.5 cm³/mol. The Morgan fingerprint density at radius 3 is 2.60 bits per heavy atom. The van der Waals surface area contributed by atoms with Crippen molar-refractivity contribution in [1.29, 1.82) is 0 Å². The number of hydrazine groups is 1. The van der Waals surface area contributed by atoms with Crippen LogP contribution in [0.1, 0.15) is 12.8 Å². The molecule has 3 nitrogen and oxygen atoms in total. The Kier molecular flexibility index (Phi) is 2.65. The van der Waals surface area contributed by atoms with Crippen LogP contribution in [0.25, 0.3) is 0 Å². The standard InChI is InChI=1S/C7H17N3/c1-9(2)7-4-3-5-10(8)6-7/h7H,3-6,8H2,1-2H3/t7-/m0/s1. The lowest BCUT2D eigenvalue weighted by Crippen LogP contribution is -2.48. The van der Waals surface area contributed by atoms with Crippen LogP contribution in [0.3, 0.4) is 0 Å². The van der Waals surface area contributed by atoms with Gasteiger partial charge in [-0.15, -0.1) is 0 Å². The van der Waals surface area contributed by atoms with E-state index in [2.05, 4.69) is 19.0 Å². The van der Waals surface area contributed by atoms with Gasteiger partial charge in [-0.3, -0.25) is 5.84 Å². The number of piperidine rings is 1. The normalized spacial score (nSPS) is 29.4.